The molecular weight excluding hydrogens is 373 g/mol. The third kappa shape index (κ3) is 2.31. The molecule has 2 aromatic heterocycles. The largest absolute Gasteiger partial charge is 0.489 e. The lowest BCUT2D eigenvalue weighted by Crippen LogP contribution is -2.35. The number of halogens is 1. The van der Waals surface area contributed by atoms with Gasteiger partial charge in [0.1, 0.15) is 29.1 Å². The minimum Gasteiger partial charge on any atom is -0.489 e. The van der Waals surface area contributed by atoms with Crippen molar-refractivity contribution in [1.82, 2.24) is 19.9 Å². The van der Waals surface area contributed by atoms with E-state index in [0.717, 1.165) is 30.8 Å². The fraction of sp³-hybridized carbons (Fsp3) is 0.381. The van der Waals surface area contributed by atoms with Gasteiger partial charge in [0.05, 0.1) is 18.3 Å². The third-order valence-corrected chi connectivity index (χ3v) is 6.42. The number of anilines is 1. The predicted octanol–water partition coefficient (Wildman–Crippen LogP) is 2.50. The second kappa shape index (κ2) is 5.68. The predicted molar refractivity (Wildman–Crippen MR) is 104 cm³/mol. The fourth-order valence-corrected chi connectivity index (χ4v) is 4.97. The van der Waals surface area contributed by atoms with Crippen molar-refractivity contribution in [3.05, 3.63) is 53.6 Å². The van der Waals surface area contributed by atoms with Crippen LogP contribution in [0.1, 0.15) is 35.7 Å². The highest BCUT2D eigenvalue weighted by atomic mass is 19.1. The molecule has 1 aliphatic carbocycles. The normalized spacial score (nSPS) is 27.8. The molecule has 8 heteroatoms. The number of ether oxygens (including phenoxy) is 1. The van der Waals surface area contributed by atoms with Crippen LogP contribution in [-0.2, 0) is 5.54 Å². The SMILES string of the molecule is C[C@H]1CNC(=O)c2cnn3ccc(nc23)N2CCC3CC32c2cc(F)ccc2O1. The quantitative estimate of drug-likeness (QED) is 0.636. The Labute approximate surface area is 166 Å². The Morgan fingerprint density at radius 1 is 1.34 bits per heavy atom. The Hall–Kier alpha value is -3.16. The molecule has 3 aliphatic rings. The number of hydrogen-bond donors (Lipinski definition) is 1. The van der Waals surface area contributed by atoms with Gasteiger partial charge >= 0.3 is 0 Å². The maximum absolute atomic E-state index is 14.3. The van der Waals surface area contributed by atoms with E-state index in [0.29, 0.717) is 29.4 Å². The molecule has 2 aliphatic heterocycles. The van der Waals surface area contributed by atoms with Gasteiger partial charge in [-0.15, -0.1) is 0 Å². The van der Waals surface area contributed by atoms with E-state index in [1.165, 1.54) is 12.3 Å². The second-order valence-corrected chi connectivity index (χ2v) is 8.16. The summed E-state index contributed by atoms with van der Waals surface area (Å²) in [6.45, 7) is 3.05. The fourth-order valence-electron chi connectivity index (χ4n) is 4.97. The maximum atomic E-state index is 14.3. The van der Waals surface area contributed by atoms with Gasteiger partial charge in [-0.05, 0) is 49.9 Å². The molecule has 6 rings (SSSR count). The van der Waals surface area contributed by atoms with Gasteiger partial charge in [-0.25, -0.2) is 13.9 Å². The Morgan fingerprint density at radius 3 is 3.10 bits per heavy atom. The van der Waals surface area contributed by atoms with Crippen LogP contribution in [0.4, 0.5) is 10.2 Å². The molecule has 1 saturated carbocycles. The van der Waals surface area contributed by atoms with Crippen molar-refractivity contribution in [2.24, 2.45) is 5.92 Å². The Bertz CT molecular complexity index is 1160. The van der Waals surface area contributed by atoms with Gasteiger partial charge < -0.3 is 15.0 Å². The van der Waals surface area contributed by atoms with Crippen LogP contribution in [-0.4, -0.2) is 39.7 Å². The van der Waals surface area contributed by atoms with Gasteiger partial charge in [-0.1, -0.05) is 0 Å². The van der Waals surface area contributed by atoms with Gasteiger partial charge in [-0.2, -0.15) is 5.10 Å². The summed E-state index contributed by atoms with van der Waals surface area (Å²) in [4.78, 5) is 19.7. The summed E-state index contributed by atoms with van der Waals surface area (Å²) in [6.07, 6.45) is 5.05. The topological polar surface area (TPSA) is 71.8 Å². The maximum Gasteiger partial charge on any atom is 0.256 e. The number of piperidine rings is 1. The van der Waals surface area contributed by atoms with E-state index in [1.54, 1.807) is 16.6 Å². The number of carbonyl (C=O) groups excluding carboxylic acids is 1. The first-order valence-electron chi connectivity index (χ1n) is 9.93. The average molecular weight is 393 g/mol. The summed E-state index contributed by atoms with van der Waals surface area (Å²) >= 11 is 0. The van der Waals surface area contributed by atoms with E-state index in [-0.39, 0.29) is 23.4 Å². The van der Waals surface area contributed by atoms with Crippen LogP contribution in [0.25, 0.3) is 5.65 Å². The number of hydrogen-bond acceptors (Lipinski definition) is 5. The summed E-state index contributed by atoms with van der Waals surface area (Å²) in [5.74, 6) is 1.37. The van der Waals surface area contributed by atoms with Crippen LogP contribution in [0.5, 0.6) is 5.75 Å². The summed E-state index contributed by atoms with van der Waals surface area (Å²) in [5, 5.41) is 7.15. The Kier molecular flexibility index (Phi) is 3.29. The molecule has 2 fully saturated rings. The van der Waals surface area contributed by atoms with Crippen molar-refractivity contribution in [3.63, 3.8) is 0 Å². The van der Waals surface area contributed by atoms with E-state index in [4.69, 9.17) is 9.72 Å². The van der Waals surface area contributed by atoms with Gasteiger partial charge in [0.15, 0.2) is 5.65 Å². The van der Waals surface area contributed by atoms with E-state index in [1.807, 2.05) is 19.2 Å². The lowest BCUT2D eigenvalue weighted by Gasteiger charge is -2.31. The summed E-state index contributed by atoms with van der Waals surface area (Å²) < 4.78 is 22.1. The minimum atomic E-state index is -0.311. The smallest absolute Gasteiger partial charge is 0.256 e. The highest BCUT2D eigenvalue weighted by molar-refractivity contribution is 5.99. The molecule has 7 nitrogen and oxygen atoms in total. The van der Waals surface area contributed by atoms with Crippen LogP contribution < -0.4 is 15.0 Å². The van der Waals surface area contributed by atoms with Crippen LogP contribution in [0.3, 0.4) is 0 Å². The van der Waals surface area contributed by atoms with Gasteiger partial charge in [0, 0.05) is 18.3 Å². The molecule has 148 valence electrons. The number of rotatable bonds is 0. The minimum absolute atomic E-state index is 0.237. The molecule has 1 aromatic carbocycles. The van der Waals surface area contributed by atoms with Gasteiger partial charge in [-0.3, -0.25) is 4.79 Å². The summed E-state index contributed by atoms with van der Waals surface area (Å²) in [7, 11) is 0. The van der Waals surface area contributed by atoms with Crippen molar-refractivity contribution in [2.45, 2.75) is 31.4 Å². The zero-order valence-electron chi connectivity index (χ0n) is 15.9. The van der Waals surface area contributed by atoms with Crippen LogP contribution >= 0.6 is 0 Å². The molecule has 4 heterocycles. The first-order valence-corrected chi connectivity index (χ1v) is 9.93. The van der Waals surface area contributed by atoms with Crippen molar-refractivity contribution < 1.29 is 13.9 Å². The zero-order valence-corrected chi connectivity index (χ0v) is 15.9. The van der Waals surface area contributed by atoms with Gasteiger partial charge in [0.25, 0.3) is 5.91 Å². The molecule has 1 saturated heterocycles. The lowest BCUT2D eigenvalue weighted by molar-refractivity contribution is 0.0933. The Balaban J connectivity index is 1.58. The van der Waals surface area contributed by atoms with Crippen LogP contribution in [0.2, 0.25) is 0 Å². The molecule has 0 radical (unpaired) electrons. The molecule has 2 unspecified atom stereocenters. The van der Waals surface area contributed by atoms with E-state index in [2.05, 4.69) is 15.3 Å². The highest BCUT2D eigenvalue weighted by Gasteiger charge is 2.64. The lowest BCUT2D eigenvalue weighted by atomic mass is 10.0. The molecule has 29 heavy (non-hydrogen) atoms. The number of fused-ring (bicyclic) bond motifs is 3. The Morgan fingerprint density at radius 2 is 2.24 bits per heavy atom. The number of nitrogens with one attached hydrogen (secondary N) is 1. The standard InChI is InChI=1S/C21H20FN5O2/c1-12-10-23-20(28)15-11-24-27-7-5-18(25-19(15)27)26-6-4-13-9-21(13,26)16-8-14(22)2-3-17(16)29-12/h2-3,5,7-8,11-13H,4,6,9-10H2,1H3,(H,23,28)/t12-,13?,21?/m0/s1. The van der Waals surface area contributed by atoms with Crippen molar-refractivity contribution in [2.75, 3.05) is 18.0 Å². The van der Waals surface area contributed by atoms with Gasteiger partial charge in [0.2, 0.25) is 0 Å². The zero-order chi connectivity index (χ0) is 19.8. The number of aromatic nitrogens is 3. The number of carbonyl (C=O) groups is 1. The average Bonchev–Trinajstić information content (AvgIpc) is 3.10. The third-order valence-electron chi connectivity index (χ3n) is 6.42. The van der Waals surface area contributed by atoms with E-state index >= 15 is 0 Å². The molecular formula is C21H20FN5O2. The van der Waals surface area contributed by atoms with Crippen molar-refractivity contribution >= 4 is 17.4 Å². The van der Waals surface area contributed by atoms with Crippen LogP contribution in [0.15, 0.2) is 36.7 Å². The summed E-state index contributed by atoms with van der Waals surface area (Å²) in [6, 6.07) is 6.64. The van der Waals surface area contributed by atoms with E-state index < -0.39 is 0 Å². The number of benzene rings is 1. The van der Waals surface area contributed by atoms with Crippen LogP contribution in [0, 0.1) is 11.7 Å². The van der Waals surface area contributed by atoms with Crippen molar-refractivity contribution in [3.8, 4) is 5.75 Å². The molecule has 1 spiro atoms. The molecule has 1 amide bonds. The molecule has 1 N–H and O–H groups in total. The number of amides is 1. The molecule has 3 aromatic rings. The van der Waals surface area contributed by atoms with E-state index in [9.17, 15) is 9.18 Å². The number of nitrogens with zero attached hydrogens (tertiary/aromatic N) is 4. The molecule has 2 bridgehead atoms. The summed E-state index contributed by atoms with van der Waals surface area (Å²) in [5.41, 5.74) is 1.51. The van der Waals surface area contributed by atoms with Crippen molar-refractivity contribution in [1.29, 1.82) is 0 Å². The monoisotopic (exact) mass is 393 g/mol. The first-order chi connectivity index (χ1) is 14.1. The highest BCUT2D eigenvalue weighted by Crippen LogP contribution is 2.65. The second-order valence-electron chi connectivity index (χ2n) is 8.16. The molecule has 3 atom stereocenters. The first kappa shape index (κ1) is 16.8.